The highest BCUT2D eigenvalue weighted by Crippen LogP contribution is 2.15. The zero-order valence-corrected chi connectivity index (χ0v) is 10.6. The first-order chi connectivity index (χ1) is 8.15. The SMILES string of the molecule is CC1COCCC1NC(=O)Cc1csc(N)n1. The first-order valence-corrected chi connectivity index (χ1v) is 6.60. The van der Waals surface area contributed by atoms with Gasteiger partial charge in [0, 0.05) is 18.0 Å². The van der Waals surface area contributed by atoms with E-state index in [1.807, 2.05) is 5.38 Å². The summed E-state index contributed by atoms with van der Waals surface area (Å²) >= 11 is 1.36. The van der Waals surface area contributed by atoms with Crippen LogP contribution in [0.25, 0.3) is 0 Å². The molecule has 2 rings (SSSR count). The van der Waals surface area contributed by atoms with Gasteiger partial charge in [-0.05, 0) is 12.3 Å². The van der Waals surface area contributed by atoms with E-state index < -0.39 is 0 Å². The number of carbonyl (C=O) groups is 1. The Morgan fingerprint density at radius 1 is 1.76 bits per heavy atom. The van der Waals surface area contributed by atoms with Crippen LogP contribution in [-0.2, 0) is 16.0 Å². The number of carbonyl (C=O) groups excluding carboxylic acids is 1. The Morgan fingerprint density at radius 2 is 2.59 bits per heavy atom. The molecule has 94 valence electrons. The van der Waals surface area contributed by atoms with Crippen molar-refractivity contribution in [3.8, 4) is 0 Å². The summed E-state index contributed by atoms with van der Waals surface area (Å²) in [6, 6.07) is 0.215. The fourth-order valence-corrected chi connectivity index (χ4v) is 2.48. The average molecular weight is 255 g/mol. The lowest BCUT2D eigenvalue weighted by Crippen LogP contribution is -2.44. The fraction of sp³-hybridized carbons (Fsp3) is 0.636. The zero-order valence-electron chi connectivity index (χ0n) is 9.81. The standard InChI is InChI=1S/C11H17N3O2S/c1-7-5-16-3-2-9(7)14-10(15)4-8-6-17-11(12)13-8/h6-7,9H,2-5H2,1H3,(H2,12,13)(H,14,15). The van der Waals surface area contributed by atoms with Gasteiger partial charge in [-0.25, -0.2) is 4.98 Å². The molecule has 17 heavy (non-hydrogen) atoms. The van der Waals surface area contributed by atoms with Crippen molar-refractivity contribution in [3.63, 3.8) is 0 Å². The fourth-order valence-electron chi connectivity index (χ4n) is 1.92. The Balaban J connectivity index is 1.84. The van der Waals surface area contributed by atoms with E-state index in [9.17, 15) is 4.79 Å². The smallest absolute Gasteiger partial charge is 0.226 e. The van der Waals surface area contributed by atoms with Gasteiger partial charge in [-0.15, -0.1) is 11.3 Å². The molecular weight excluding hydrogens is 238 g/mol. The van der Waals surface area contributed by atoms with Crippen molar-refractivity contribution < 1.29 is 9.53 Å². The van der Waals surface area contributed by atoms with Gasteiger partial charge in [0.1, 0.15) is 0 Å². The Hall–Kier alpha value is -1.14. The summed E-state index contributed by atoms with van der Waals surface area (Å²) in [5.41, 5.74) is 6.26. The number of hydrogen-bond donors (Lipinski definition) is 2. The van der Waals surface area contributed by atoms with E-state index in [1.165, 1.54) is 11.3 Å². The summed E-state index contributed by atoms with van der Waals surface area (Å²) in [5.74, 6) is 0.377. The molecule has 1 aromatic rings. The van der Waals surface area contributed by atoms with Crippen LogP contribution >= 0.6 is 11.3 Å². The van der Waals surface area contributed by atoms with Gasteiger partial charge in [-0.2, -0.15) is 0 Å². The van der Waals surface area contributed by atoms with Crippen molar-refractivity contribution in [2.24, 2.45) is 5.92 Å². The molecule has 1 fully saturated rings. The van der Waals surface area contributed by atoms with Crippen LogP contribution in [0.15, 0.2) is 5.38 Å². The van der Waals surface area contributed by atoms with E-state index in [0.29, 0.717) is 24.1 Å². The molecule has 2 unspecified atom stereocenters. The predicted octanol–water partition coefficient (Wildman–Crippen LogP) is 0.809. The molecule has 1 amide bonds. The Morgan fingerprint density at radius 3 is 3.24 bits per heavy atom. The van der Waals surface area contributed by atoms with Crippen molar-refractivity contribution in [1.82, 2.24) is 10.3 Å². The molecule has 1 aliphatic heterocycles. The molecule has 0 aromatic carbocycles. The number of nitrogens with zero attached hydrogens (tertiary/aromatic N) is 1. The van der Waals surface area contributed by atoms with Crippen molar-refractivity contribution in [1.29, 1.82) is 0 Å². The maximum Gasteiger partial charge on any atom is 0.226 e. The molecule has 1 aliphatic rings. The Bertz CT molecular complexity index is 394. The predicted molar refractivity (Wildman–Crippen MR) is 66.8 cm³/mol. The van der Waals surface area contributed by atoms with Gasteiger partial charge in [0.15, 0.2) is 5.13 Å². The molecule has 5 nitrogen and oxygen atoms in total. The van der Waals surface area contributed by atoms with Gasteiger partial charge in [-0.1, -0.05) is 6.92 Å². The third kappa shape index (κ3) is 3.41. The summed E-state index contributed by atoms with van der Waals surface area (Å²) < 4.78 is 5.34. The van der Waals surface area contributed by atoms with E-state index in [1.54, 1.807) is 0 Å². The molecule has 2 heterocycles. The topological polar surface area (TPSA) is 77.2 Å². The highest BCUT2D eigenvalue weighted by Gasteiger charge is 2.23. The maximum absolute atomic E-state index is 11.8. The molecular formula is C11H17N3O2S. The third-order valence-corrected chi connectivity index (χ3v) is 3.62. The Kier molecular flexibility index (Phi) is 3.96. The quantitative estimate of drug-likeness (QED) is 0.838. The first kappa shape index (κ1) is 12.3. The number of nitrogens with two attached hydrogens (primary N) is 1. The number of thiazole rings is 1. The normalized spacial score (nSPS) is 24.5. The first-order valence-electron chi connectivity index (χ1n) is 5.72. The van der Waals surface area contributed by atoms with Crippen LogP contribution in [0.5, 0.6) is 0 Å². The van der Waals surface area contributed by atoms with Gasteiger partial charge in [-0.3, -0.25) is 4.79 Å². The monoisotopic (exact) mass is 255 g/mol. The average Bonchev–Trinajstić information content (AvgIpc) is 2.67. The van der Waals surface area contributed by atoms with E-state index >= 15 is 0 Å². The van der Waals surface area contributed by atoms with Crippen LogP contribution in [0, 0.1) is 5.92 Å². The van der Waals surface area contributed by atoms with Gasteiger partial charge in [0.05, 0.1) is 18.7 Å². The summed E-state index contributed by atoms with van der Waals surface area (Å²) in [6.07, 6.45) is 1.18. The van der Waals surface area contributed by atoms with E-state index in [2.05, 4.69) is 17.2 Å². The number of aromatic nitrogens is 1. The molecule has 3 N–H and O–H groups in total. The lowest BCUT2D eigenvalue weighted by molar-refractivity contribution is -0.122. The molecule has 1 aromatic heterocycles. The second-order valence-electron chi connectivity index (χ2n) is 4.37. The number of nitrogens with one attached hydrogen (secondary N) is 1. The van der Waals surface area contributed by atoms with Crippen molar-refractivity contribution in [3.05, 3.63) is 11.1 Å². The largest absolute Gasteiger partial charge is 0.381 e. The lowest BCUT2D eigenvalue weighted by atomic mass is 9.98. The van der Waals surface area contributed by atoms with E-state index in [0.717, 1.165) is 18.7 Å². The zero-order chi connectivity index (χ0) is 12.3. The highest BCUT2D eigenvalue weighted by molar-refractivity contribution is 7.13. The molecule has 1 saturated heterocycles. The second kappa shape index (κ2) is 5.46. The summed E-state index contributed by atoms with van der Waals surface area (Å²) in [7, 11) is 0. The van der Waals surface area contributed by atoms with Crippen LogP contribution in [0.3, 0.4) is 0 Å². The van der Waals surface area contributed by atoms with E-state index in [4.69, 9.17) is 10.5 Å². The van der Waals surface area contributed by atoms with Crippen LogP contribution in [0.2, 0.25) is 0 Å². The number of ether oxygens (including phenoxy) is 1. The van der Waals surface area contributed by atoms with Crippen LogP contribution in [0.1, 0.15) is 19.0 Å². The summed E-state index contributed by atoms with van der Waals surface area (Å²) in [5, 5.41) is 5.36. The number of nitrogen functional groups attached to an aromatic ring is 1. The van der Waals surface area contributed by atoms with Crippen LogP contribution in [0.4, 0.5) is 5.13 Å². The molecule has 2 atom stereocenters. The summed E-state index contributed by atoms with van der Waals surface area (Å²) in [4.78, 5) is 15.9. The molecule has 0 radical (unpaired) electrons. The van der Waals surface area contributed by atoms with Gasteiger partial charge >= 0.3 is 0 Å². The van der Waals surface area contributed by atoms with Gasteiger partial charge in [0.25, 0.3) is 0 Å². The van der Waals surface area contributed by atoms with Crippen molar-refractivity contribution >= 4 is 22.4 Å². The van der Waals surface area contributed by atoms with Crippen LogP contribution < -0.4 is 11.1 Å². The summed E-state index contributed by atoms with van der Waals surface area (Å²) in [6.45, 7) is 3.53. The van der Waals surface area contributed by atoms with Crippen molar-refractivity contribution in [2.45, 2.75) is 25.8 Å². The minimum absolute atomic E-state index is 0.00838. The molecule has 0 bridgehead atoms. The second-order valence-corrected chi connectivity index (χ2v) is 5.26. The number of rotatable bonds is 3. The Labute approximate surface area is 104 Å². The van der Waals surface area contributed by atoms with Crippen LogP contribution in [-0.4, -0.2) is 30.1 Å². The molecule has 0 aliphatic carbocycles. The van der Waals surface area contributed by atoms with Gasteiger partial charge in [0.2, 0.25) is 5.91 Å². The maximum atomic E-state index is 11.8. The van der Waals surface area contributed by atoms with Gasteiger partial charge < -0.3 is 15.8 Å². The molecule has 0 spiro atoms. The number of hydrogen-bond acceptors (Lipinski definition) is 5. The minimum Gasteiger partial charge on any atom is -0.381 e. The highest BCUT2D eigenvalue weighted by atomic mass is 32.1. The number of amides is 1. The van der Waals surface area contributed by atoms with Crippen molar-refractivity contribution in [2.75, 3.05) is 18.9 Å². The minimum atomic E-state index is 0.00838. The molecule has 0 saturated carbocycles. The molecule has 6 heteroatoms. The third-order valence-electron chi connectivity index (χ3n) is 2.90. The van der Waals surface area contributed by atoms with E-state index in [-0.39, 0.29) is 11.9 Å². The lowest BCUT2D eigenvalue weighted by Gasteiger charge is -2.29. The number of anilines is 1.